The number of rotatable bonds is 4. The van der Waals surface area contributed by atoms with E-state index in [2.05, 4.69) is 9.56 Å². The zero-order valence-corrected chi connectivity index (χ0v) is 5.99. The molecule has 0 aromatic rings. The fraction of sp³-hybridized carbons (Fsp3) is 1.00. The maximum Gasteiger partial charge on any atom is 0.357 e. The Morgan fingerprint density at radius 3 is 2.10 bits per heavy atom. The SMILES string of the molecule is NC(N)(N)COOP(O)O. The Bertz CT molecular complexity index is 93.0. The van der Waals surface area contributed by atoms with E-state index in [4.69, 9.17) is 27.0 Å². The minimum atomic E-state index is -2.54. The molecule has 0 saturated carbocycles. The molecule has 0 aliphatic carbocycles. The number of nitrogens with two attached hydrogens (primary N) is 3. The number of hydrogen-bond acceptors (Lipinski definition) is 7. The Labute approximate surface area is 58.6 Å². The Hall–Kier alpha value is 0.150. The van der Waals surface area contributed by atoms with Crippen LogP contribution in [0.25, 0.3) is 0 Å². The van der Waals surface area contributed by atoms with Crippen molar-refractivity contribution in [3.05, 3.63) is 0 Å². The van der Waals surface area contributed by atoms with E-state index < -0.39 is 14.4 Å². The first kappa shape index (κ1) is 10.2. The summed E-state index contributed by atoms with van der Waals surface area (Å²) in [5.74, 6) is -1.52. The van der Waals surface area contributed by atoms with Gasteiger partial charge in [0.25, 0.3) is 0 Å². The highest BCUT2D eigenvalue weighted by molar-refractivity contribution is 7.39. The number of hydrogen-bond donors (Lipinski definition) is 5. The Morgan fingerprint density at radius 2 is 1.80 bits per heavy atom. The minimum absolute atomic E-state index is 0.326. The van der Waals surface area contributed by atoms with Crippen molar-refractivity contribution in [3.63, 3.8) is 0 Å². The standard InChI is InChI=1S/C2H10N3O4P/c3-2(4,5)1-8-9-10(6)7/h6-7H,1,3-5H2. The predicted molar refractivity (Wildman–Crippen MR) is 33.7 cm³/mol. The summed E-state index contributed by atoms with van der Waals surface area (Å²) in [6.45, 7) is -0.326. The summed E-state index contributed by atoms with van der Waals surface area (Å²) in [4.78, 5) is 20.3. The summed E-state index contributed by atoms with van der Waals surface area (Å²) in [5.41, 5.74) is 15.0. The maximum absolute atomic E-state index is 8.10. The molecule has 0 aromatic carbocycles. The normalized spacial score (nSPS) is 12.6. The van der Waals surface area contributed by atoms with Gasteiger partial charge in [-0.05, 0) is 0 Å². The molecule has 8 N–H and O–H groups in total. The molecule has 0 spiro atoms. The van der Waals surface area contributed by atoms with Crippen molar-refractivity contribution in [1.82, 2.24) is 0 Å². The third-order valence-electron chi connectivity index (χ3n) is 0.428. The molecule has 10 heavy (non-hydrogen) atoms. The minimum Gasteiger partial charge on any atom is -0.327 e. The first-order chi connectivity index (χ1) is 4.42. The lowest BCUT2D eigenvalue weighted by Gasteiger charge is -2.16. The molecular weight excluding hydrogens is 161 g/mol. The van der Waals surface area contributed by atoms with E-state index in [9.17, 15) is 0 Å². The van der Waals surface area contributed by atoms with Crippen LogP contribution in [-0.2, 0) is 9.56 Å². The van der Waals surface area contributed by atoms with Crippen LogP contribution in [0.1, 0.15) is 0 Å². The molecule has 0 aliphatic rings. The Kier molecular flexibility index (Phi) is 4.18. The van der Waals surface area contributed by atoms with Gasteiger partial charge in [0.15, 0.2) is 0 Å². The molecule has 0 radical (unpaired) electrons. The topological polar surface area (TPSA) is 137 Å². The van der Waals surface area contributed by atoms with Crippen LogP contribution in [0.3, 0.4) is 0 Å². The van der Waals surface area contributed by atoms with Gasteiger partial charge in [0.05, 0.1) is 0 Å². The van der Waals surface area contributed by atoms with Gasteiger partial charge in [0, 0.05) is 0 Å². The highest BCUT2D eigenvalue weighted by atomic mass is 31.2. The van der Waals surface area contributed by atoms with Crippen LogP contribution in [-0.4, -0.2) is 22.2 Å². The van der Waals surface area contributed by atoms with Gasteiger partial charge in [-0.3, -0.25) is 17.2 Å². The summed E-state index contributed by atoms with van der Waals surface area (Å²) in [5, 5.41) is 0. The highest BCUT2D eigenvalue weighted by Gasteiger charge is 2.13. The lowest BCUT2D eigenvalue weighted by Crippen LogP contribution is -2.61. The van der Waals surface area contributed by atoms with Gasteiger partial charge in [-0.25, -0.2) is 4.89 Å². The molecular formula is C2H10N3O4P. The molecule has 62 valence electrons. The van der Waals surface area contributed by atoms with Crippen LogP contribution in [0.5, 0.6) is 0 Å². The molecule has 0 amide bonds. The van der Waals surface area contributed by atoms with Gasteiger partial charge in [0.2, 0.25) is 0 Å². The van der Waals surface area contributed by atoms with Gasteiger partial charge in [-0.15, -0.1) is 0 Å². The molecule has 0 rings (SSSR count). The van der Waals surface area contributed by atoms with E-state index in [-0.39, 0.29) is 6.61 Å². The smallest absolute Gasteiger partial charge is 0.327 e. The second-order valence-electron chi connectivity index (χ2n) is 1.70. The Morgan fingerprint density at radius 1 is 1.30 bits per heavy atom. The van der Waals surface area contributed by atoms with Crippen molar-refractivity contribution in [3.8, 4) is 0 Å². The molecule has 0 aliphatic heterocycles. The summed E-state index contributed by atoms with van der Waals surface area (Å²) >= 11 is 0. The van der Waals surface area contributed by atoms with E-state index in [1.807, 2.05) is 0 Å². The fourth-order valence-corrected chi connectivity index (χ4v) is 0.323. The quantitative estimate of drug-likeness (QED) is 0.138. The molecule has 0 saturated heterocycles. The van der Waals surface area contributed by atoms with Gasteiger partial charge in [-0.1, -0.05) is 0 Å². The van der Waals surface area contributed by atoms with Crippen molar-refractivity contribution in [2.75, 3.05) is 6.61 Å². The average molecular weight is 171 g/mol. The van der Waals surface area contributed by atoms with Crippen LogP contribution < -0.4 is 17.2 Å². The summed E-state index contributed by atoms with van der Waals surface area (Å²) in [6.07, 6.45) is 0. The highest BCUT2D eigenvalue weighted by Crippen LogP contribution is 2.24. The van der Waals surface area contributed by atoms with E-state index in [1.165, 1.54) is 0 Å². The van der Waals surface area contributed by atoms with Crippen molar-refractivity contribution in [1.29, 1.82) is 0 Å². The van der Waals surface area contributed by atoms with E-state index in [1.54, 1.807) is 0 Å². The van der Waals surface area contributed by atoms with Crippen LogP contribution >= 0.6 is 8.60 Å². The van der Waals surface area contributed by atoms with Crippen molar-refractivity contribution >= 4 is 8.60 Å². The second-order valence-corrected chi connectivity index (χ2v) is 2.36. The van der Waals surface area contributed by atoms with E-state index in [0.29, 0.717) is 0 Å². The molecule has 0 atom stereocenters. The zero-order valence-electron chi connectivity index (χ0n) is 5.10. The molecule has 0 unspecified atom stereocenters. The summed E-state index contributed by atoms with van der Waals surface area (Å²) in [7, 11) is -2.54. The average Bonchev–Trinajstić information content (AvgIpc) is 1.59. The largest absolute Gasteiger partial charge is 0.357 e. The third-order valence-corrected chi connectivity index (χ3v) is 0.667. The van der Waals surface area contributed by atoms with Crippen LogP contribution in [0.2, 0.25) is 0 Å². The molecule has 0 heterocycles. The van der Waals surface area contributed by atoms with E-state index in [0.717, 1.165) is 0 Å². The monoisotopic (exact) mass is 171 g/mol. The van der Waals surface area contributed by atoms with Crippen molar-refractivity contribution in [2.24, 2.45) is 17.2 Å². The Balaban J connectivity index is 3.21. The van der Waals surface area contributed by atoms with Gasteiger partial charge < -0.3 is 9.79 Å². The second kappa shape index (κ2) is 4.12. The van der Waals surface area contributed by atoms with E-state index >= 15 is 0 Å². The van der Waals surface area contributed by atoms with Gasteiger partial charge in [-0.2, -0.15) is 4.67 Å². The predicted octanol–water partition coefficient (Wildman–Crippen LogP) is -2.32. The summed E-state index contributed by atoms with van der Waals surface area (Å²) in [6, 6.07) is 0. The third kappa shape index (κ3) is 8.15. The van der Waals surface area contributed by atoms with Crippen molar-refractivity contribution in [2.45, 2.75) is 5.79 Å². The first-order valence-corrected chi connectivity index (χ1v) is 3.42. The fourth-order valence-electron chi connectivity index (χ4n) is 0.176. The maximum atomic E-state index is 8.10. The molecule has 7 nitrogen and oxygen atoms in total. The molecule has 8 heteroatoms. The first-order valence-electron chi connectivity index (χ1n) is 2.26. The lowest BCUT2D eigenvalue weighted by atomic mass is 10.4. The molecule has 0 bridgehead atoms. The van der Waals surface area contributed by atoms with Crippen LogP contribution in [0.15, 0.2) is 0 Å². The van der Waals surface area contributed by atoms with Crippen LogP contribution in [0.4, 0.5) is 0 Å². The lowest BCUT2D eigenvalue weighted by molar-refractivity contribution is -0.224. The zero-order chi connectivity index (χ0) is 8.20. The van der Waals surface area contributed by atoms with Gasteiger partial charge >= 0.3 is 8.60 Å². The van der Waals surface area contributed by atoms with Gasteiger partial charge in [0.1, 0.15) is 12.4 Å². The molecule has 0 fully saturated rings. The van der Waals surface area contributed by atoms with Crippen molar-refractivity contribution < 1.29 is 19.3 Å². The summed E-state index contributed by atoms with van der Waals surface area (Å²) < 4.78 is 3.85. The molecule has 0 aromatic heterocycles. The van der Waals surface area contributed by atoms with Crippen LogP contribution in [0, 0.1) is 0 Å².